The molecule has 1 fully saturated rings. The Balaban J connectivity index is 2.53. The lowest BCUT2D eigenvalue weighted by molar-refractivity contribution is -0.132. The van der Waals surface area contributed by atoms with Gasteiger partial charge in [-0.05, 0) is 0 Å². The van der Waals surface area contributed by atoms with Crippen molar-refractivity contribution >= 4 is 0 Å². The van der Waals surface area contributed by atoms with Crippen LogP contribution in [-0.2, 0) is 4.74 Å². The molecule has 0 radical (unpaired) electrons. The number of hydrogen-bond acceptors (Lipinski definition) is 5. The molecule has 0 amide bonds. The fraction of sp³-hybridized carbons (Fsp3) is 1.00. The molecule has 60 valence electrons. The second-order valence-electron chi connectivity index (χ2n) is 2.23. The fourth-order valence-corrected chi connectivity index (χ4v) is 0.880. The highest BCUT2D eigenvalue weighted by atomic mass is 16.6. The van der Waals surface area contributed by atoms with Crippen molar-refractivity contribution in [1.82, 2.24) is 0 Å². The van der Waals surface area contributed by atoms with Crippen LogP contribution in [0.1, 0.15) is 0 Å². The molecule has 0 bridgehead atoms. The average molecular weight is 150 g/mol. The predicted octanol–water partition coefficient (Wildman–Crippen LogP) is -2.58. The summed E-state index contributed by atoms with van der Waals surface area (Å²) in [5, 5.41) is 35.0. The molecule has 4 N–H and O–H groups in total. The Bertz CT molecular complexity index is 117. The molecule has 1 unspecified atom stereocenters. The molecule has 5 heteroatoms. The molecule has 0 aliphatic carbocycles. The van der Waals surface area contributed by atoms with E-state index < -0.39 is 31.2 Å². The van der Waals surface area contributed by atoms with E-state index in [9.17, 15) is 0 Å². The lowest BCUT2D eigenvalue weighted by Gasteiger charge is -2.09. The zero-order valence-corrected chi connectivity index (χ0v) is 5.21. The van der Waals surface area contributed by atoms with Gasteiger partial charge in [-0.15, -0.1) is 0 Å². The first-order valence-electron chi connectivity index (χ1n) is 2.97. The molecule has 1 aliphatic rings. The summed E-state index contributed by atoms with van der Waals surface area (Å²) in [5.41, 5.74) is 0. The summed E-state index contributed by atoms with van der Waals surface area (Å²) in [6.07, 6.45) is -4.76. The SMILES string of the molecule is OC[C@@H]1O[C@H](O)[C@@H](O)C1O. The van der Waals surface area contributed by atoms with Crippen LogP contribution in [0.25, 0.3) is 0 Å². The van der Waals surface area contributed by atoms with Crippen LogP contribution in [0.4, 0.5) is 0 Å². The zero-order chi connectivity index (χ0) is 7.72. The minimum Gasteiger partial charge on any atom is -0.394 e. The van der Waals surface area contributed by atoms with E-state index in [-0.39, 0.29) is 0 Å². The van der Waals surface area contributed by atoms with Gasteiger partial charge in [-0.1, -0.05) is 0 Å². The summed E-state index contributed by atoms with van der Waals surface area (Å²) in [6, 6.07) is 0. The maximum atomic E-state index is 8.93. The maximum absolute atomic E-state index is 8.93. The Morgan fingerprint density at radius 2 is 1.70 bits per heavy atom. The first-order chi connectivity index (χ1) is 4.66. The summed E-state index contributed by atoms with van der Waals surface area (Å²) >= 11 is 0. The molecule has 5 nitrogen and oxygen atoms in total. The first kappa shape index (κ1) is 7.90. The van der Waals surface area contributed by atoms with Gasteiger partial charge >= 0.3 is 0 Å². The highest BCUT2D eigenvalue weighted by Crippen LogP contribution is 2.18. The van der Waals surface area contributed by atoms with Crippen molar-refractivity contribution < 1.29 is 25.2 Å². The number of ether oxygens (including phenoxy) is 1. The number of rotatable bonds is 1. The largest absolute Gasteiger partial charge is 0.394 e. The normalized spacial score (nSPS) is 48.0. The third-order valence-electron chi connectivity index (χ3n) is 1.52. The van der Waals surface area contributed by atoms with E-state index in [1.165, 1.54) is 0 Å². The van der Waals surface area contributed by atoms with Crippen LogP contribution in [0.3, 0.4) is 0 Å². The van der Waals surface area contributed by atoms with Crippen molar-refractivity contribution in [2.24, 2.45) is 0 Å². The van der Waals surface area contributed by atoms with Crippen LogP contribution in [0.15, 0.2) is 0 Å². The molecule has 1 rings (SSSR count). The van der Waals surface area contributed by atoms with Crippen LogP contribution in [0.2, 0.25) is 0 Å². The topological polar surface area (TPSA) is 90.2 Å². The number of aliphatic hydroxyl groups excluding tert-OH is 4. The van der Waals surface area contributed by atoms with Gasteiger partial charge in [0.15, 0.2) is 6.29 Å². The molecular weight excluding hydrogens is 140 g/mol. The highest BCUT2D eigenvalue weighted by molar-refractivity contribution is 4.84. The van der Waals surface area contributed by atoms with Gasteiger partial charge in [-0.3, -0.25) is 0 Å². The molecule has 1 heterocycles. The fourth-order valence-electron chi connectivity index (χ4n) is 0.880. The Kier molecular flexibility index (Phi) is 2.22. The van der Waals surface area contributed by atoms with Crippen LogP contribution >= 0.6 is 0 Å². The number of hydrogen-bond donors (Lipinski definition) is 4. The summed E-state index contributed by atoms with van der Waals surface area (Å²) in [5.74, 6) is 0. The van der Waals surface area contributed by atoms with E-state index >= 15 is 0 Å². The molecule has 1 saturated heterocycles. The second kappa shape index (κ2) is 2.81. The van der Waals surface area contributed by atoms with Crippen LogP contribution in [0, 0.1) is 0 Å². The van der Waals surface area contributed by atoms with Crippen molar-refractivity contribution in [1.29, 1.82) is 0 Å². The van der Waals surface area contributed by atoms with Crippen molar-refractivity contribution in [2.45, 2.75) is 24.6 Å². The molecule has 0 saturated carbocycles. The molecule has 0 spiro atoms. The van der Waals surface area contributed by atoms with Gasteiger partial charge in [0.2, 0.25) is 0 Å². The molecule has 4 atom stereocenters. The Morgan fingerprint density at radius 3 is 1.90 bits per heavy atom. The average Bonchev–Trinajstić information content (AvgIpc) is 2.17. The quantitative estimate of drug-likeness (QED) is 0.329. The molecule has 0 aromatic heterocycles. The third-order valence-corrected chi connectivity index (χ3v) is 1.52. The minimum atomic E-state index is -1.38. The van der Waals surface area contributed by atoms with Gasteiger partial charge in [-0.25, -0.2) is 0 Å². The van der Waals surface area contributed by atoms with Gasteiger partial charge < -0.3 is 25.2 Å². The maximum Gasteiger partial charge on any atom is 0.184 e. The first-order valence-corrected chi connectivity index (χ1v) is 2.97. The van der Waals surface area contributed by atoms with Crippen LogP contribution in [0.5, 0.6) is 0 Å². The number of aliphatic hydroxyl groups is 4. The van der Waals surface area contributed by atoms with Crippen molar-refractivity contribution in [3.05, 3.63) is 0 Å². The monoisotopic (exact) mass is 150 g/mol. The van der Waals surface area contributed by atoms with E-state index in [0.717, 1.165) is 0 Å². The molecule has 0 aromatic rings. The van der Waals surface area contributed by atoms with Gasteiger partial charge in [0.25, 0.3) is 0 Å². The molecule has 0 aromatic carbocycles. The Morgan fingerprint density at radius 1 is 1.10 bits per heavy atom. The molecule has 1 aliphatic heterocycles. The molecular formula is C5H10O5. The lowest BCUT2D eigenvalue weighted by Crippen LogP contribution is -2.33. The standard InChI is InChI=1S/C5H10O5/c6-1-2-3(7)4(8)5(9)10-2/h2-9H,1H2/t2-,3?,4-,5-/m0/s1. The van der Waals surface area contributed by atoms with E-state index in [0.29, 0.717) is 0 Å². The summed E-state index contributed by atoms with van der Waals surface area (Å²) < 4.78 is 4.54. The smallest absolute Gasteiger partial charge is 0.184 e. The van der Waals surface area contributed by atoms with Gasteiger partial charge in [0, 0.05) is 0 Å². The van der Waals surface area contributed by atoms with E-state index in [4.69, 9.17) is 20.4 Å². The van der Waals surface area contributed by atoms with Crippen molar-refractivity contribution in [2.75, 3.05) is 6.61 Å². The van der Waals surface area contributed by atoms with Crippen molar-refractivity contribution in [3.8, 4) is 0 Å². The molecule has 10 heavy (non-hydrogen) atoms. The highest BCUT2D eigenvalue weighted by Gasteiger charge is 2.41. The zero-order valence-electron chi connectivity index (χ0n) is 5.21. The predicted molar refractivity (Wildman–Crippen MR) is 30.0 cm³/mol. The van der Waals surface area contributed by atoms with Gasteiger partial charge in [-0.2, -0.15) is 0 Å². The Hall–Kier alpha value is -0.200. The van der Waals surface area contributed by atoms with Crippen LogP contribution in [-0.4, -0.2) is 51.6 Å². The lowest BCUT2D eigenvalue weighted by atomic mass is 10.1. The Labute approximate surface area is 57.5 Å². The summed E-state index contributed by atoms with van der Waals surface area (Å²) in [7, 11) is 0. The van der Waals surface area contributed by atoms with Gasteiger partial charge in [0.05, 0.1) is 6.61 Å². The summed E-state index contributed by atoms with van der Waals surface area (Å²) in [6.45, 7) is -0.407. The van der Waals surface area contributed by atoms with Crippen molar-refractivity contribution in [3.63, 3.8) is 0 Å². The van der Waals surface area contributed by atoms with E-state index in [2.05, 4.69) is 4.74 Å². The third kappa shape index (κ3) is 1.14. The minimum absolute atomic E-state index is 0.407. The van der Waals surface area contributed by atoms with E-state index in [1.54, 1.807) is 0 Å². The van der Waals surface area contributed by atoms with Crippen LogP contribution < -0.4 is 0 Å². The van der Waals surface area contributed by atoms with Gasteiger partial charge in [0.1, 0.15) is 18.3 Å². The summed E-state index contributed by atoms with van der Waals surface area (Å²) in [4.78, 5) is 0. The second-order valence-corrected chi connectivity index (χ2v) is 2.23. The van der Waals surface area contributed by atoms with E-state index in [1.807, 2.05) is 0 Å².